The molecule has 3 nitrogen and oxygen atoms in total. The molecule has 14 heavy (non-hydrogen) atoms. The largest absolute Gasteiger partial charge is 0.469 e. The highest BCUT2D eigenvalue weighted by Crippen LogP contribution is 2.36. The van der Waals surface area contributed by atoms with Gasteiger partial charge in [0.2, 0.25) is 0 Å². The van der Waals surface area contributed by atoms with Crippen LogP contribution in [-0.2, 0) is 9.53 Å². The Kier molecular flexibility index (Phi) is 3.32. The van der Waals surface area contributed by atoms with Crippen molar-refractivity contribution in [2.24, 2.45) is 5.92 Å². The van der Waals surface area contributed by atoms with Gasteiger partial charge in [0.05, 0.1) is 18.6 Å². The number of carbonyl (C=O) groups excluding carboxylic acids is 1. The third-order valence-corrected chi connectivity index (χ3v) is 2.91. The number of rotatable bonds is 3. The molecule has 3 heteroatoms. The summed E-state index contributed by atoms with van der Waals surface area (Å²) in [4.78, 5) is 11.4. The number of aliphatic hydroxyl groups is 1. The van der Waals surface area contributed by atoms with Gasteiger partial charge >= 0.3 is 5.97 Å². The second kappa shape index (κ2) is 4.13. The fourth-order valence-corrected chi connectivity index (χ4v) is 2.11. The molecule has 0 heterocycles. The van der Waals surface area contributed by atoms with Gasteiger partial charge in [0.25, 0.3) is 0 Å². The van der Waals surface area contributed by atoms with E-state index in [2.05, 4.69) is 4.74 Å². The lowest BCUT2D eigenvalue weighted by atomic mass is 9.85. The minimum absolute atomic E-state index is 0.319. The summed E-state index contributed by atoms with van der Waals surface area (Å²) in [6.45, 7) is 3.86. The molecule has 80 valence electrons. The van der Waals surface area contributed by atoms with Crippen molar-refractivity contribution in [3.63, 3.8) is 0 Å². The minimum atomic E-state index is -0.980. The first kappa shape index (κ1) is 11.2. The highest BCUT2D eigenvalue weighted by Gasteiger charge is 2.41. The first-order valence-corrected chi connectivity index (χ1v) is 5.02. The van der Waals surface area contributed by atoms with E-state index in [-0.39, 0.29) is 5.97 Å². The highest BCUT2D eigenvalue weighted by molar-refractivity contribution is 5.74. The van der Waals surface area contributed by atoms with Gasteiger partial charge in [-0.2, -0.15) is 0 Å². The van der Waals surface area contributed by atoms with Crippen LogP contribution in [0.2, 0.25) is 0 Å². The first-order valence-electron chi connectivity index (χ1n) is 5.02. The molecule has 1 aliphatic rings. The molecule has 2 unspecified atom stereocenters. The van der Waals surface area contributed by atoms with E-state index in [1.807, 2.05) is 13.8 Å². The van der Waals surface area contributed by atoms with E-state index in [0.717, 1.165) is 12.0 Å². The van der Waals surface area contributed by atoms with Gasteiger partial charge in [-0.05, 0) is 26.2 Å². The van der Waals surface area contributed by atoms with Crippen LogP contribution in [0.3, 0.4) is 0 Å². The van der Waals surface area contributed by atoms with Gasteiger partial charge in [-0.25, -0.2) is 0 Å². The summed E-state index contributed by atoms with van der Waals surface area (Å²) >= 11 is 0. The topological polar surface area (TPSA) is 46.5 Å². The molecule has 1 N–H and O–H groups in total. The number of allylic oxidation sites excluding steroid dienone is 1. The molecule has 0 fully saturated rings. The molecule has 0 aromatic carbocycles. The Morgan fingerprint density at radius 1 is 1.79 bits per heavy atom. The normalized spacial score (nSPS) is 28.4. The lowest BCUT2D eigenvalue weighted by Crippen LogP contribution is -2.39. The average molecular weight is 198 g/mol. The Hall–Kier alpha value is -0.830. The predicted molar refractivity (Wildman–Crippen MR) is 53.7 cm³/mol. The molecule has 1 aliphatic carbocycles. The second-order valence-corrected chi connectivity index (χ2v) is 3.97. The molecule has 0 saturated carbocycles. The summed E-state index contributed by atoms with van der Waals surface area (Å²) in [5.74, 6) is -0.745. The van der Waals surface area contributed by atoms with Gasteiger partial charge in [0.15, 0.2) is 0 Å². The highest BCUT2D eigenvalue weighted by atomic mass is 16.5. The number of methoxy groups -OCH3 is 1. The standard InChI is InChI=1S/C11H18O3/c1-4-9(10(12)14-3)11(13)6-5-8(2)7-11/h7,9,13H,4-6H2,1-3H3. The maximum absolute atomic E-state index is 11.4. The van der Waals surface area contributed by atoms with Crippen molar-refractivity contribution < 1.29 is 14.6 Å². The molecule has 0 aliphatic heterocycles. The number of carbonyl (C=O) groups is 1. The van der Waals surface area contributed by atoms with E-state index in [1.54, 1.807) is 6.08 Å². The van der Waals surface area contributed by atoms with Crippen molar-refractivity contribution >= 4 is 5.97 Å². The van der Waals surface area contributed by atoms with Crippen LogP contribution in [-0.4, -0.2) is 23.8 Å². The van der Waals surface area contributed by atoms with Gasteiger partial charge in [0.1, 0.15) is 0 Å². The van der Waals surface area contributed by atoms with Crippen molar-refractivity contribution in [1.29, 1.82) is 0 Å². The molecule has 0 aromatic heterocycles. The lowest BCUT2D eigenvalue weighted by Gasteiger charge is -2.28. The average Bonchev–Trinajstić information content (AvgIpc) is 2.47. The Morgan fingerprint density at radius 3 is 2.79 bits per heavy atom. The quantitative estimate of drug-likeness (QED) is 0.554. The van der Waals surface area contributed by atoms with Crippen LogP contribution in [0.1, 0.15) is 33.1 Å². The zero-order valence-corrected chi connectivity index (χ0v) is 9.04. The van der Waals surface area contributed by atoms with E-state index < -0.39 is 11.5 Å². The fraction of sp³-hybridized carbons (Fsp3) is 0.727. The molecular formula is C11H18O3. The number of esters is 1. The number of hydrogen-bond donors (Lipinski definition) is 1. The van der Waals surface area contributed by atoms with Crippen LogP contribution >= 0.6 is 0 Å². The van der Waals surface area contributed by atoms with E-state index in [1.165, 1.54) is 7.11 Å². The molecule has 0 aromatic rings. The van der Waals surface area contributed by atoms with Crippen LogP contribution in [0.5, 0.6) is 0 Å². The van der Waals surface area contributed by atoms with Crippen molar-refractivity contribution in [1.82, 2.24) is 0 Å². The maximum Gasteiger partial charge on any atom is 0.311 e. The third kappa shape index (κ3) is 1.98. The third-order valence-electron chi connectivity index (χ3n) is 2.91. The van der Waals surface area contributed by atoms with Crippen molar-refractivity contribution in [3.8, 4) is 0 Å². The van der Waals surface area contributed by atoms with E-state index in [0.29, 0.717) is 12.8 Å². The van der Waals surface area contributed by atoms with Gasteiger partial charge in [-0.15, -0.1) is 0 Å². The Labute approximate surface area is 84.8 Å². The van der Waals surface area contributed by atoms with Gasteiger partial charge in [-0.3, -0.25) is 4.79 Å². The lowest BCUT2D eigenvalue weighted by molar-refractivity contribution is -0.153. The van der Waals surface area contributed by atoms with Crippen LogP contribution in [0.4, 0.5) is 0 Å². The van der Waals surface area contributed by atoms with Crippen molar-refractivity contribution in [2.45, 2.75) is 38.7 Å². The van der Waals surface area contributed by atoms with Gasteiger partial charge < -0.3 is 9.84 Å². The molecule has 2 atom stereocenters. The van der Waals surface area contributed by atoms with Crippen molar-refractivity contribution in [2.75, 3.05) is 7.11 Å². The second-order valence-electron chi connectivity index (χ2n) is 3.97. The molecular weight excluding hydrogens is 180 g/mol. The monoisotopic (exact) mass is 198 g/mol. The summed E-state index contributed by atoms with van der Waals surface area (Å²) < 4.78 is 4.69. The zero-order chi connectivity index (χ0) is 10.8. The predicted octanol–water partition coefficient (Wildman–Crippen LogP) is 1.66. The number of ether oxygens (including phenoxy) is 1. The Balaban J connectivity index is 2.84. The zero-order valence-electron chi connectivity index (χ0n) is 9.04. The maximum atomic E-state index is 11.4. The summed E-state index contributed by atoms with van der Waals surface area (Å²) in [5, 5.41) is 10.2. The SMILES string of the molecule is CCC(C(=O)OC)C1(O)C=C(C)CC1. The first-order chi connectivity index (χ1) is 6.53. The molecule has 0 radical (unpaired) electrons. The van der Waals surface area contributed by atoms with Crippen LogP contribution < -0.4 is 0 Å². The molecule has 0 bridgehead atoms. The smallest absolute Gasteiger partial charge is 0.311 e. The summed E-state index contributed by atoms with van der Waals surface area (Å²) in [6.07, 6.45) is 3.90. The minimum Gasteiger partial charge on any atom is -0.469 e. The molecule has 0 spiro atoms. The van der Waals surface area contributed by atoms with Gasteiger partial charge in [-0.1, -0.05) is 18.6 Å². The Bertz CT molecular complexity index is 257. The van der Waals surface area contributed by atoms with Crippen LogP contribution in [0, 0.1) is 5.92 Å². The summed E-state index contributed by atoms with van der Waals surface area (Å²) in [5.41, 5.74) is 0.168. The van der Waals surface area contributed by atoms with Gasteiger partial charge in [0, 0.05) is 0 Å². The molecule has 1 rings (SSSR count). The van der Waals surface area contributed by atoms with E-state index in [9.17, 15) is 9.90 Å². The molecule has 0 amide bonds. The van der Waals surface area contributed by atoms with E-state index in [4.69, 9.17) is 0 Å². The van der Waals surface area contributed by atoms with E-state index >= 15 is 0 Å². The number of hydrogen-bond acceptors (Lipinski definition) is 3. The summed E-state index contributed by atoms with van der Waals surface area (Å²) in [6, 6.07) is 0. The Morgan fingerprint density at radius 2 is 2.43 bits per heavy atom. The van der Waals surface area contributed by atoms with Crippen LogP contribution in [0.15, 0.2) is 11.6 Å². The summed E-state index contributed by atoms with van der Waals surface area (Å²) in [7, 11) is 1.36. The van der Waals surface area contributed by atoms with Crippen LogP contribution in [0.25, 0.3) is 0 Å². The van der Waals surface area contributed by atoms with Crippen molar-refractivity contribution in [3.05, 3.63) is 11.6 Å². The molecule has 0 saturated heterocycles. The fourth-order valence-electron chi connectivity index (χ4n) is 2.11.